The lowest BCUT2D eigenvalue weighted by molar-refractivity contribution is -0.121. The van der Waals surface area contributed by atoms with E-state index in [1.165, 1.54) is 36.8 Å². The summed E-state index contributed by atoms with van der Waals surface area (Å²) < 4.78 is 2.22. The maximum Gasteiger partial charge on any atom is 0.224 e. The van der Waals surface area contributed by atoms with Gasteiger partial charge in [0, 0.05) is 36.2 Å². The van der Waals surface area contributed by atoms with Crippen LogP contribution >= 0.6 is 0 Å². The molecule has 1 amide bonds. The van der Waals surface area contributed by atoms with Gasteiger partial charge in [-0.1, -0.05) is 25.1 Å². The summed E-state index contributed by atoms with van der Waals surface area (Å²) in [5, 5.41) is 4.44. The first-order valence-electron chi connectivity index (χ1n) is 9.29. The first-order valence-corrected chi connectivity index (χ1v) is 9.29. The van der Waals surface area contributed by atoms with E-state index in [0.29, 0.717) is 6.42 Å². The highest BCUT2D eigenvalue weighted by Crippen LogP contribution is 2.21. The van der Waals surface area contributed by atoms with Crippen LogP contribution in [0.25, 0.3) is 10.9 Å². The van der Waals surface area contributed by atoms with E-state index in [1.54, 1.807) is 0 Å². The molecular formula is C20H29N3O. The van der Waals surface area contributed by atoms with Crippen LogP contribution in [0.3, 0.4) is 0 Å². The molecule has 1 aliphatic heterocycles. The van der Waals surface area contributed by atoms with Gasteiger partial charge in [-0.2, -0.15) is 0 Å². The molecule has 0 spiro atoms. The first kappa shape index (κ1) is 17.0. The Morgan fingerprint density at radius 3 is 2.67 bits per heavy atom. The number of hydrogen-bond donors (Lipinski definition) is 1. The first-order chi connectivity index (χ1) is 11.7. The Morgan fingerprint density at radius 2 is 1.96 bits per heavy atom. The highest BCUT2D eigenvalue weighted by molar-refractivity contribution is 5.89. The summed E-state index contributed by atoms with van der Waals surface area (Å²) in [5.41, 5.74) is 2.34. The van der Waals surface area contributed by atoms with Gasteiger partial charge in [0.15, 0.2) is 0 Å². The number of likely N-dealkylation sites (tertiary alicyclic amines) is 1. The van der Waals surface area contributed by atoms with E-state index in [4.69, 9.17) is 0 Å². The van der Waals surface area contributed by atoms with E-state index < -0.39 is 0 Å². The second-order valence-corrected chi connectivity index (χ2v) is 6.81. The van der Waals surface area contributed by atoms with Crippen LogP contribution in [0.1, 0.15) is 38.7 Å². The largest absolute Gasteiger partial charge is 0.352 e. The molecule has 0 radical (unpaired) electrons. The van der Waals surface area contributed by atoms with Gasteiger partial charge in [-0.05, 0) is 50.9 Å². The number of rotatable bonds is 7. The quantitative estimate of drug-likeness (QED) is 0.848. The SMILES string of the molecule is CC[C@@H](CN1CCCC1)NC(=O)Cc1cn(CC)c2ccccc12. The van der Waals surface area contributed by atoms with Gasteiger partial charge in [0.25, 0.3) is 0 Å². The number of benzene rings is 1. The summed E-state index contributed by atoms with van der Waals surface area (Å²) >= 11 is 0. The maximum absolute atomic E-state index is 12.6. The van der Waals surface area contributed by atoms with Crippen molar-refractivity contribution in [3.05, 3.63) is 36.0 Å². The minimum atomic E-state index is 0.139. The van der Waals surface area contributed by atoms with Gasteiger partial charge in [0.05, 0.1) is 6.42 Å². The highest BCUT2D eigenvalue weighted by Gasteiger charge is 2.19. The average molecular weight is 327 g/mol. The van der Waals surface area contributed by atoms with Crippen LogP contribution in [-0.4, -0.2) is 41.1 Å². The zero-order chi connectivity index (χ0) is 16.9. The van der Waals surface area contributed by atoms with Crippen LogP contribution in [0.5, 0.6) is 0 Å². The minimum Gasteiger partial charge on any atom is -0.352 e. The number of carbonyl (C=O) groups is 1. The Labute approximate surface area is 144 Å². The number of hydrogen-bond acceptors (Lipinski definition) is 2. The van der Waals surface area contributed by atoms with E-state index in [0.717, 1.165) is 25.1 Å². The summed E-state index contributed by atoms with van der Waals surface area (Å²) in [6.07, 6.45) is 6.16. The van der Waals surface area contributed by atoms with Gasteiger partial charge in [-0.25, -0.2) is 0 Å². The van der Waals surface area contributed by atoms with Crippen molar-refractivity contribution < 1.29 is 4.79 Å². The van der Waals surface area contributed by atoms with Gasteiger partial charge in [-0.15, -0.1) is 0 Å². The molecule has 1 aliphatic rings. The van der Waals surface area contributed by atoms with Crippen molar-refractivity contribution in [2.24, 2.45) is 0 Å². The second-order valence-electron chi connectivity index (χ2n) is 6.81. The molecule has 0 bridgehead atoms. The molecule has 4 heteroatoms. The predicted molar refractivity (Wildman–Crippen MR) is 99.2 cm³/mol. The third-order valence-electron chi connectivity index (χ3n) is 5.10. The molecule has 1 aromatic carbocycles. The van der Waals surface area contributed by atoms with Gasteiger partial charge < -0.3 is 14.8 Å². The van der Waals surface area contributed by atoms with Crippen molar-refractivity contribution in [3.8, 4) is 0 Å². The third kappa shape index (κ3) is 3.81. The van der Waals surface area contributed by atoms with E-state index in [1.807, 2.05) is 6.07 Å². The molecule has 1 aromatic heterocycles. The van der Waals surface area contributed by atoms with Crippen molar-refractivity contribution in [2.75, 3.05) is 19.6 Å². The standard InChI is InChI=1S/C20H29N3O/c1-3-17(15-22-11-7-8-12-22)21-20(24)13-16-14-23(4-2)19-10-6-5-9-18(16)19/h5-6,9-10,14,17H,3-4,7-8,11-13,15H2,1-2H3,(H,21,24)/t17-/m0/s1. The van der Waals surface area contributed by atoms with Gasteiger partial charge in [0.2, 0.25) is 5.91 Å². The van der Waals surface area contributed by atoms with Crippen LogP contribution in [0.4, 0.5) is 0 Å². The van der Waals surface area contributed by atoms with Crippen molar-refractivity contribution >= 4 is 16.8 Å². The van der Waals surface area contributed by atoms with E-state index in [2.05, 4.69) is 53.0 Å². The molecule has 130 valence electrons. The topological polar surface area (TPSA) is 37.3 Å². The van der Waals surface area contributed by atoms with Crippen LogP contribution in [0, 0.1) is 0 Å². The van der Waals surface area contributed by atoms with Crippen LogP contribution in [0.15, 0.2) is 30.5 Å². The Balaban J connectivity index is 1.65. The molecular weight excluding hydrogens is 298 g/mol. The molecule has 24 heavy (non-hydrogen) atoms. The van der Waals surface area contributed by atoms with Crippen molar-refractivity contribution in [1.29, 1.82) is 0 Å². The number of aromatic nitrogens is 1. The fourth-order valence-corrected chi connectivity index (χ4v) is 3.73. The summed E-state index contributed by atoms with van der Waals surface area (Å²) in [4.78, 5) is 15.0. The lowest BCUT2D eigenvalue weighted by Gasteiger charge is -2.23. The Bertz CT molecular complexity index is 685. The number of fused-ring (bicyclic) bond motifs is 1. The monoisotopic (exact) mass is 327 g/mol. The Kier molecular flexibility index (Phi) is 5.56. The number of aryl methyl sites for hydroxylation is 1. The second kappa shape index (κ2) is 7.84. The summed E-state index contributed by atoms with van der Waals surface area (Å²) in [7, 11) is 0. The van der Waals surface area contributed by atoms with Crippen molar-refractivity contribution in [3.63, 3.8) is 0 Å². The van der Waals surface area contributed by atoms with Crippen LogP contribution in [0.2, 0.25) is 0 Å². The van der Waals surface area contributed by atoms with Crippen LogP contribution in [-0.2, 0) is 17.8 Å². The lowest BCUT2D eigenvalue weighted by Crippen LogP contribution is -2.43. The van der Waals surface area contributed by atoms with Gasteiger partial charge in [-0.3, -0.25) is 4.79 Å². The number of nitrogens with zero attached hydrogens (tertiary/aromatic N) is 2. The summed E-state index contributed by atoms with van der Waals surface area (Å²) in [6, 6.07) is 8.61. The lowest BCUT2D eigenvalue weighted by atomic mass is 10.1. The zero-order valence-corrected chi connectivity index (χ0v) is 14.9. The molecule has 1 saturated heterocycles. The Morgan fingerprint density at radius 1 is 1.21 bits per heavy atom. The molecule has 4 nitrogen and oxygen atoms in total. The van der Waals surface area contributed by atoms with E-state index in [9.17, 15) is 4.79 Å². The average Bonchev–Trinajstić information content (AvgIpc) is 3.22. The predicted octanol–water partition coefficient (Wildman–Crippen LogP) is 3.19. The number of para-hydroxylation sites is 1. The van der Waals surface area contributed by atoms with Crippen molar-refractivity contribution in [1.82, 2.24) is 14.8 Å². The molecule has 0 saturated carbocycles. The fourth-order valence-electron chi connectivity index (χ4n) is 3.73. The normalized spacial score (nSPS) is 16.6. The molecule has 1 fully saturated rings. The van der Waals surface area contributed by atoms with Crippen LogP contribution < -0.4 is 5.32 Å². The molecule has 2 aromatic rings. The summed E-state index contributed by atoms with van der Waals surface area (Å²) in [6.45, 7) is 8.56. The Hall–Kier alpha value is -1.81. The minimum absolute atomic E-state index is 0.139. The van der Waals surface area contributed by atoms with Crippen molar-refractivity contribution in [2.45, 2.75) is 52.1 Å². The third-order valence-corrected chi connectivity index (χ3v) is 5.10. The molecule has 2 heterocycles. The zero-order valence-electron chi connectivity index (χ0n) is 14.9. The number of amides is 1. The number of nitrogens with one attached hydrogen (secondary N) is 1. The molecule has 1 atom stereocenters. The molecule has 3 rings (SSSR count). The molecule has 0 unspecified atom stereocenters. The van der Waals surface area contributed by atoms with E-state index >= 15 is 0 Å². The molecule has 0 aliphatic carbocycles. The van der Waals surface area contributed by atoms with Gasteiger partial charge in [0.1, 0.15) is 0 Å². The maximum atomic E-state index is 12.6. The van der Waals surface area contributed by atoms with Gasteiger partial charge >= 0.3 is 0 Å². The van der Waals surface area contributed by atoms with E-state index in [-0.39, 0.29) is 11.9 Å². The summed E-state index contributed by atoms with van der Waals surface area (Å²) in [5.74, 6) is 0.139. The molecule has 1 N–H and O–H groups in total. The highest BCUT2D eigenvalue weighted by atomic mass is 16.1. The fraction of sp³-hybridized carbons (Fsp3) is 0.550. The smallest absolute Gasteiger partial charge is 0.224 e. The number of carbonyl (C=O) groups excluding carboxylic acids is 1.